The van der Waals surface area contributed by atoms with Gasteiger partial charge in [-0.25, -0.2) is 38.2 Å². The van der Waals surface area contributed by atoms with Gasteiger partial charge in [-0.2, -0.15) is 0 Å². The van der Waals surface area contributed by atoms with E-state index in [1.165, 1.54) is 42.2 Å². The Hall–Kier alpha value is -8.38. The highest BCUT2D eigenvalue weighted by atomic mass is 32.1. The highest BCUT2D eigenvalue weighted by Crippen LogP contribution is 2.38. The van der Waals surface area contributed by atoms with Gasteiger partial charge in [-0.05, 0) is 80.8 Å². The van der Waals surface area contributed by atoms with E-state index in [2.05, 4.69) is 125 Å². The summed E-state index contributed by atoms with van der Waals surface area (Å²) in [5.74, 6) is 8.18. The quantitative estimate of drug-likeness (QED) is 0.157. The number of hydrogen-bond donors (Lipinski definition) is 0. The van der Waals surface area contributed by atoms with E-state index >= 15 is 0 Å². The Morgan fingerprint density at radius 3 is 1.26 bits per heavy atom. The second kappa shape index (κ2) is 33.9. The van der Waals surface area contributed by atoms with Gasteiger partial charge in [0.15, 0.2) is 0 Å². The van der Waals surface area contributed by atoms with E-state index in [9.17, 15) is 0 Å². The van der Waals surface area contributed by atoms with Crippen LogP contribution in [0.1, 0.15) is 129 Å². The van der Waals surface area contributed by atoms with Crippen molar-refractivity contribution in [1.82, 2.24) is 59.1 Å². The van der Waals surface area contributed by atoms with Crippen molar-refractivity contribution in [2.75, 3.05) is 0 Å². The van der Waals surface area contributed by atoms with Gasteiger partial charge in [0.1, 0.15) is 29.5 Å². The van der Waals surface area contributed by atoms with Crippen LogP contribution in [-0.2, 0) is 56.4 Å². The predicted octanol–water partition coefficient (Wildman–Crippen LogP) is 14.1. The maximum Gasteiger partial charge on any atom is 0.286 e. The van der Waals surface area contributed by atoms with Gasteiger partial charge in [-0.15, -0.1) is 30.1 Å². The Labute approximate surface area is 516 Å². The molecule has 0 amide bonds. The molecule has 0 spiro atoms. The third kappa shape index (κ3) is 15.7. The molecule has 8 heterocycles. The van der Waals surface area contributed by atoms with Crippen LogP contribution in [0.4, 0.5) is 0 Å². The Morgan fingerprint density at radius 1 is 0.384 bits per heavy atom. The van der Waals surface area contributed by atoms with Crippen LogP contribution in [-0.4, -0.2) is 59.1 Å². The lowest BCUT2D eigenvalue weighted by molar-refractivity contribution is -0.667. The normalized spacial score (nSPS) is 10.1. The smallest absolute Gasteiger partial charge is 0.286 e. The predicted molar refractivity (Wildman–Crippen MR) is 357 cm³/mol. The molecule has 12 aromatic rings. The number of nitrogens with zero attached hydrogens (tertiary/aromatic N) is 16. The van der Waals surface area contributed by atoms with E-state index < -0.39 is 0 Å². The summed E-state index contributed by atoms with van der Waals surface area (Å²) in [4.78, 5) is 16.5. The zero-order chi connectivity index (χ0) is 64.9. The molecule has 0 bridgehead atoms. The molecule has 0 aliphatic rings. The number of aromatic nitrogens is 16. The number of aryl methyl sites for hydroxylation is 12. The molecule has 0 radical (unpaired) electrons. The van der Waals surface area contributed by atoms with Gasteiger partial charge in [-0.1, -0.05) is 119 Å². The van der Waals surface area contributed by atoms with E-state index in [1.54, 1.807) is 12.7 Å². The van der Waals surface area contributed by atoms with Crippen LogP contribution in [0.5, 0.6) is 0 Å². The van der Waals surface area contributed by atoms with Gasteiger partial charge in [0.2, 0.25) is 0 Å². The second-order valence-electron chi connectivity index (χ2n) is 18.8. The number of thiophene rings is 1. The summed E-state index contributed by atoms with van der Waals surface area (Å²) in [6, 6.07) is 25.8. The van der Waals surface area contributed by atoms with Crippen molar-refractivity contribution < 1.29 is 22.7 Å². The fraction of sp³-hybridized carbons (Fsp3) is 0.412. The molecule has 8 aromatic heterocycles. The van der Waals surface area contributed by atoms with Crippen LogP contribution in [0.3, 0.4) is 0 Å². The first-order valence-corrected chi connectivity index (χ1v) is 31.1. The summed E-state index contributed by atoms with van der Waals surface area (Å²) < 4.78 is 24.6. The highest BCUT2D eigenvalue weighted by molar-refractivity contribution is 7.25. The van der Waals surface area contributed by atoms with E-state index in [-0.39, 0.29) is 0 Å². The SMILES string of the molecule is CC.CC.CC.CC.CC.CC.Cc1cc2c(cc1-c1n(C)nc(C)[n+]1C)oc1ccccc12.Cc1cc2c(cc1-c1n(C)nc(C)[n+]1C)sc1ccccc12.Cc1cncnc1-c1n(C)nc(C)[n+]1C.Cc1ncncc1-c1n(C)nc(C)[n+]1C. The van der Waals surface area contributed by atoms with E-state index in [0.29, 0.717) is 0 Å². The van der Waals surface area contributed by atoms with Crippen LogP contribution in [0.25, 0.3) is 87.8 Å². The number of para-hydroxylation sites is 1. The first-order chi connectivity index (χ1) is 41.3. The van der Waals surface area contributed by atoms with E-state index in [4.69, 9.17) is 4.42 Å². The average molecular weight is 1190 g/mol. The van der Waals surface area contributed by atoms with Gasteiger partial charge in [0.05, 0.1) is 78.8 Å². The van der Waals surface area contributed by atoms with Crippen molar-refractivity contribution in [1.29, 1.82) is 0 Å². The lowest BCUT2D eigenvalue weighted by Crippen LogP contribution is -2.33. The topological polar surface area (TPSA) is 152 Å². The molecular weight excluding hydrogens is 1090 g/mol. The largest absolute Gasteiger partial charge is 0.456 e. The first-order valence-electron chi connectivity index (χ1n) is 30.3. The van der Waals surface area contributed by atoms with Gasteiger partial charge < -0.3 is 4.42 Å². The van der Waals surface area contributed by atoms with Crippen LogP contribution in [0.15, 0.2) is 102 Å². The number of furan rings is 1. The molecule has 0 fully saturated rings. The average Bonchev–Trinajstić information content (AvgIpc) is 1.89. The molecule has 0 saturated carbocycles. The van der Waals surface area contributed by atoms with Crippen molar-refractivity contribution in [3.05, 3.63) is 144 Å². The summed E-state index contributed by atoms with van der Waals surface area (Å²) in [7, 11) is 15.9. The molecule has 0 N–H and O–H groups in total. The number of benzene rings is 4. The maximum atomic E-state index is 6.02. The fourth-order valence-corrected chi connectivity index (χ4v) is 10.8. The third-order valence-corrected chi connectivity index (χ3v) is 14.9. The van der Waals surface area contributed by atoms with Crippen LogP contribution >= 0.6 is 11.3 Å². The van der Waals surface area contributed by atoms with Gasteiger partial charge in [-0.3, -0.25) is 0 Å². The standard InChI is InChI=1S/C18H18N3O.C18H18N3S.2C10H14N5.6C2H6/c2*1-11-9-15-13-7-5-6-8-16(13)22-17(15)10-14(11)18-20(3)12(2)19-21(18)4;1-7-9(5-11-6-12-7)10-14(3)8(2)13-15(10)4;1-7-5-11-6-12-9(7)10-14(3)8(2)13-15(10)4;6*1-2/h2*5-10H,1-4H3;2*5-6H,1-4H3;6*1-2H3/q4*+1;;;;;;. The summed E-state index contributed by atoms with van der Waals surface area (Å²) in [5.41, 5.74) is 10.7. The summed E-state index contributed by atoms with van der Waals surface area (Å²) in [6.07, 6.45) is 6.75. The molecule has 460 valence electrons. The Balaban J connectivity index is 0.000000287. The van der Waals surface area contributed by atoms with Crippen molar-refractivity contribution in [2.24, 2.45) is 56.4 Å². The molecule has 0 unspecified atom stereocenters. The molecule has 18 heteroatoms. The van der Waals surface area contributed by atoms with Gasteiger partial charge in [0.25, 0.3) is 46.6 Å². The lowest BCUT2D eigenvalue weighted by atomic mass is 10.0. The maximum absolute atomic E-state index is 6.02. The second-order valence-corrected chi connectivity index (χ2v) is 19.9. The highest BCUT2D eigenvalue weighted by Gasteiger charge is 2.26. The van der Waals surface area contributed by atoms with E-state index in [1.807, 2.05) is 244 Å². The van der Waals surface area contributed by atoms with Crippen molar-refractivity contribution in [3.8, 4) is 45.7 Å². The third-order valence-electron chi connectivity index (χ3n) is 13.8. The molecule has 17 nitrogen and oxygen atoms in total. The number of fused-ring (bicyclic) bond motifs is 6. The zero-order valence-electron chi connectivity index (χ0n) is 57.2. The fourth-order valence-electron chi connectivity index (χ4n) is 9.67. The Bertz CT molecular complexity index is 3810. The molecule has 12 rings (SSSR count). The molecule has 0 saturated heterocycles. The molecule has 0 aliphatic heterocycles. The first kappa shape index (κ1) is 71.9. The van der Waals surface area contributed by atoms with Crippen LogP contribution in [0.2, 0.25) is 0 Å². The van der Waals surface area contributed by atoms with E-state index in [0.717, 1.165) is 91.2 Å². The minimum atomic E-state index is 0.917. The number of hydrogen-bond acceptors (Lipinski definition) is 10. The molecule has 86 heavy (non-hydrogen) atoms. The summed E-state index contributed by atoms with van der Waals surface area (Å²) >= 11 is 1.86. The Morgan fingerprint density at radius 2 is 0.791 bits per heavy atom. The van der Waals surface area contributed by atoms with Crippen molar-refractivity contribution >= 4 is 53.4 Å². The van der Waals surface area contributed by atoms with Crippen molar-refractivity contribution in [3.63, 3.8) is 0 Å². The lowest BCUT2D eigenvalue weighted by Gasteiger charge is -2.04. The van der Waals surface area contributed by atoms with Gasteiger partial charge >= 0.3 is 0 Å². The van der Waals surface area contributed by atoms with Crippen LogP contribution in [0, 0.1) is 55.4 Å². The Kier molecular flexibility index (Phi) is 28.4. The minimum Gasteiger partial charge on any atom is -0.456 e. The molecule has 4 aromatic carbocycles. The monoisotopic (exact) mass is 1190 g/mol. The number of rotatable bonds is 4. The zero-order valence-corrected chi connectivity index (χ0v) is 58.0. The van der Waals surface area contributed by atoms with Gasteiger partial charge in [0, 0.05) is 91.4 Å². The van der Waals surface area contributed by atoms with Crippen LogP contribution < -0.4 is 18.3 Å². The van der Waals surface area contributed by atoms with Crippen molar-refractivity contribution in [2.45, 2.75) is 138 Å². The molecule has 0 atom stereocenters. The minimum absolute atomic E-state index is 0.917. The molecule has 0 aliphatic carbocycles. The summed E-state index contributed by atoms with van der Waals surface area (Å²) in [5, 5.41) is 22.8. The molecular formula is C68H100N16OS+4. The summed E-state index contributed by atoms with van der Waals surface area (Å²) in [6.45, 7) is 40.3.